The van der Waals surface area contributed by atoms with E-state index >= 15 is 0 Å². The average Bonchev–Trinajstić information content (AvgIpc) is 3.08. The van der Waals surface area contributed by atoms with Crippen LogP contribution in [0.4, 0.5) is 30.7 Å². The number of piperidine rings is 2. The molecule has 51 heavy (non-hydrogen) atoms. The average molecular weight is 719 g/mol. The maximum Gasteiger partial charge on any atom is 0.403 e. The first-order valence-corrected chi connectivity index (χ1v) is 16.8. The monoisotopic (exact) mass is 718 g/mol. The number of hydrogen-bond donors (Lipinski definition) is 2. The van der Waals surface area contributed by atoms with E-state index in [0.29, 0.717) is 54.5 Å². The van der Waals surface area contributed by atoms with E-state index in [9.17, 15) is 45.4 Å². The number of fused-ring (bicyclic) bond motifs is 2. The number of carboxylic acids is 1. The van der Waals surface area contributed by atoms with Gasteiger partial charge in [0.1, 0.15) is 17.6 Å². The first kappa shape index (κ1) is 36.5. The van der Waals surface area contributed by atoms with Crippen molar-refractivity contribution in [2.45, 2.75) is 63.2 Å². The van der Waals surface area contributed by atoms with E-state index in [1.165, 1.54) is 0 Å². The summed E-state index contributed by atoms with van der Waals surface area (Å²) in [6, 6.07) is 16.7. The van der Waals surface area contributed by atoms with Gasteiger partial charge in [-0.3, -0.25) is 19.6 Å². The molecule has 1 amide bonds. The molecule has 2 saturated heterocycles. The largest absolute Gasteiger partial charge is 0.480 e. The predicted molar refractivity (Wildman–Crippen MR) is 178 cm³/mol. The number of amides is 1. The van der Waals surface area contributed by atoms with Crippen molar-refractivity contribution in [3.05, 3.63) is 78.0 Å². The van der Waals surface area contributed by atoms with Gasteiger partial charge < -0.3 is 10.4 Å². The number of hydrogen-bond acceptors (Lipinski definition) is 5. The quantitative estimate of drug-likeness (QED) is 0.177. The fraction of sp³-hybridized carbons (Fsp3) is 0.432. The molecule has 3 aromatic carbocycles. The van der Waals surface area contributed by atoms with Crippen LogP contribution in [0.2, 0.25) is 0 Å². The van der Waals surface area contributed by atoms with Gasteiger partial charge in [0.25, 0.3) is 0 Å². The Morgan fingerprint density at radius 3 is 2.08 bits per heavy atom. The highest BCUT2D eigenvalue weighted by molar-refractivity contribution is 6.05. The minimum atomic E-state index is -5.12. The lowest BCUT2D eigenvalue weighted by Gasteiger charge is -2.42. The zero-order chi connectivity index (χ0) is 36.6. The van der Waals surface area contributed by atoms with Crippen LogP contribution in [0.15, 0.2) is 66.9 Å². The van der Waals surface area contributed by atoms with Crippen LogP contribution in [0.3, 0.4) is 0 Å². The van der Waals surface area contributed by atoms with Gasteiger partial charge in [0.15, 0.2) is 0 Å². The van der Waals surface area contributed by atoms with Gasteiger partial charge in [-0.15, -0.1) is 0 Å². The summed E-state index contributed by atoms with van der Waals surface area (Å²) in [7, 11) is 0. The lowest BCUT2D eigenvalue weighted by Crippen LogP contribution is -2.59. The van der Waals surface area contributed by atoms with Gasteiger partial charge in [-0.1, -0.05) is 54.6 Å². The standard InChI is InChI=1S/C37H37F7N4O3/c38-25-11-16-47(17-12-25)21-24-5-2-8-29-27(24)10-15-45-32(29)30-9-3-6-26-23(4-1-7-28(26)30)20-31(33(49)50)46-34(51)35(37(42,43)44)13-18-48(19-14-35)22-36(39,40)41/h1-10,15,25,31H,11-14,16-22H2,(H,46,51)(H,49,50)/t31-/m0/s1. The van der Waals surface area contributed by atoms with Crippen molar-refractivity contribution in [2.75, 3.05) is 32.7 Å². The Hall–Kier alpha value is -4.30. The Bertz CT molecular complexity index is 1900. The number of nitrogens with zero attached hydrogens (tertiary/aromatic N) is 3. The summed E-state index contributed by atoms with van der Waals surface area (Å²) in [4.78, 5) is 33.4. The number of pyridine rings is 1. The molecule has 2 aliphatic heterocycles. The van der Waals surface area contributed by atoms with Crippen molar-refractivity contribution < 1.29 is 45.4 Å². The number of benzene rings is 3. The summed E-state index contributed by atoms with van der Waals surface area (Å²) in [5, 5.41) is 15.3. The van der Waals surface area contributed by atoms with E-state index in [1.807, 2.05) is 36.4 Å². The highest BCUT2D eigenvalue weighted by Crippen LogP contribution is 2.47. The number of carbonyl (C=O) groups is 2. The Morgan fingerprint density at radius 1 is 0.824 bits per heavy atom. The lowest BCUT2D eigenvalue weighted by atomic mass is 9.76. The van der Waals surface area contributed by atoms with Gasteiger partial charge in [0, 0.05) is 43.2 Å². The first-order valence-electron chi connectivity index (χ1n) is 16.8. The van der Waals surface area contributed by atoms with E-state index in [2.05, 4.69) is 10.2 Å². The second kappa shape index (κ2) is 14.4. The maximum absolute atomic E-state index is 14.4. The van der Waals surface area contributed by atoms with E-state index in [1.54, 1.807) is 30.5 Å². The molecule has 1 atom stereocenters. The molecule has 2 fully saturated rings. The zero-order valence-electron chi connectivity index (χ0n) is 27.5. The molecular formula is C37H37F7N4O3. The highest BCUT2D eigenvalue weighted by atomic mass is 19.4. The summed E-state index contributed by atoms with van der Waals surface area (Å²) < 4.78 is 95.6. The molecule has 7 nitrogen and oxygen atoms in total. The fourth-order valence-electron chi connectivity index (χ4n) is 7.39. The molecule has 0 spiro atoms. The predicted octanol–water partition coefficient (Wildman–Crippen LogP) is 7.31. The van der Waals surface area contributed by atoms with Gasteiger partial charge in [0.2, 0.25) is 5.91 Å². The summed E-state index contributed by atoms with van der Waals surface area (Å²) in [5.41, 5.74) is -0.0889. The number of carboxylic acid groups (broad SMARTS) is 1. The smallest absolute Gasteiger partial charge is 0.403 e. The van der Waals surface area contributed by atoms with Crippen LogP contribution in [0.25, 0.3) is 32.8 Å². The van der Waals surface area contributed by atoms with Gasteiger partial charge in [-0.2, -0.15) is 26.3 Å². The molecule has 0 radical (unpaired) electrons. The third-order valence-corrected chi connectivity index (χ3v) is 10.2. The molecule has 272 valence electrons. The van der Waals surface area contributed by atoms with Crippen molar-refractivity contribution in [1.82, 2.24) is 20.1 Å². The van der Waals surface area contributed by atoms with E-state index in [0.717, 1.165) is 26.8 Å². The molecule has 0 bridgehead atoms. The van der Waals surface area contributed by atoms with Crippen molar-refractivity contribution in [3.8, 4) is 11.3 Å². The zero-order valence-corrected chi connectivity index (χ0v) is 27.5. The van der Waals surface area contributed by atoms with Gasteiger partial charge >= 0.3 is 18.3 Å². The first-order chi connectivity index (χ1) is 24.1. The van der Waals surface area contributed by atoms with Crippen LogP contribution < -0.4 is 5.32 Å². The van der Waals surface area contributed by atoms with Crippen LogP contribution in [0.5, 0.6) is 0 Å². The van der Waals surface area contributed by atoms with E-state index in [4.69, 9.17) is 4.98 Å². The van der Waals surface area contributed by atoms with E-state index < -0.39 is 74.3 Å². The van der Waals surface area contributed by atoms with E-state index in [-0.39, 0.29) is 6.42 Å². The van der Waals surface area contributed by atoms with Crippen molar-refractivity contribution in [2.24, 2.45) is 5.41 Å². The Labute approximate surface area is 289 Å². The number of rotatable bonds is 9. The van der Waals surface area contributed by atoms with Crippen molar-refractivity contribution in [1.29, 1.82) is 0 Å². The minimum Gasteiger partial charge on any atom is -0.480 e. The fourth-order valence-corrected chi connectivity index (χ4v) is 7.39. The maximum atomic E-state index is 14.4. The molecule has 0 unspecified atom stereocenters. The van der Waals surface area contributed by atoms with Crippen LogP contribution in [-0.2, 0) is 22.6 Å². The molecule has 0 saturated carbocycles. The Morgan fingerprint density at radius 2 is 1.43 bits per heavy atom. The summed E-state index contributed by atoms with van der Waals surface area (Å²) in [5.74, 6) is -3.12. The summed E-state index contributed by atoms with van der Waals surface area (Å²) >= 11 is 0. The molecule has 2 N–H and O–H groups in total. The number of nitrogens with one attached hydrogen (secondary N) is 1. The van der Waals surface area contributed by atoms with Crippen LogP contribution in [0, 0.1) is 5.41 Å². The lowest BCUT2D eigenvalue weighted by molar-refractivity contribution is -0.236. The number of aliphatic carboxylic acids is 1. The van der Waals surface area contributed by atoms with Crippen LogP contribution in [0.1, 0.15) is 36.8 Å². The summed E-state index contributed by atoms with van der Waals surface area (Å²) in [6.45, 7) is -0.680. The molecule has 0 aliphatic carbocycles. The second-order valence-corrected chi connectivity index (χ2v) is 13.5. The van der Waals surface area contributed by atoms with Crippen molar-refractivity contribution >= 4 is 33.4 Å². The number of alkyl halides is 7. The molecule has 1 aromatic heterocycles. The summed E-state index contributed by atoms with van der Waals surface area (Å²) in [6.07, 6.45) is -10.0. The number of likely N-dealkylation sites (tertiary alicyclic amines) is 2. The third kappa shape index (κ3) is 7.81. The van der Waals surface area contributed by atoms with Gasteiger partial charge in [0.05, 0.1) is 12.2 Å². The number of halogens is 7. The molecule has 4 aromatic rings. The minimum absolute atomic E-state index is 0.349. The SMILES string of the molecule is O=C(O)[C@H](Cc1cccc2c(-c3nccc4c(CN5CCC(F)CC5)cccc34)cccc12)NC(=O)C1(C(F)(F)F)CCN(CC(F)(F)F)CC1. The molecule has 3 heterocycles. The molecular weight excluding hydrogens is 681 g/mol. The third-order valence-electron chi connectivity index (χ3n) is 10.2. The molecule has 2 aliphatic rings. The molecule has 14 heteroatoms. The van der Waals surface area contributed by atoms with Gasteiger partial charge in [-0.05, 0) is 72.1 Å². The van der Waals surface area contributed by atoms with Gasteiger partial charge in [-0.25, -0.2) is 9.18 Å². The topological polar surface area (TPSA) is 85.8 Å². The Kier molecular flexibility index (Phi) is 10.3. The number of carbonyl (C=O) groups excluding carboxylic acids is 1. The van der Waals surface area contributed by atoms with Crippen LogP contribution >= 0.6 is 0 Å². The van der Waals surface area contributed by atoms with Crippen LogP contribution in [-0.4, -0.2) is 89.1 Å². The second-order valence-electron chi connectivity index (χ2n) is 13.5. The molecule has 6 rings (SSSR count). The highest BCUT2D eigenvalue weighted by Gasteiger charge is 2.61. The Balaban J connectivity index is 1.27. The van der Waals surface area contributed by atoms with Crippen molar-refractivity contribution in [3.63, 3.8) is 0 Å². The normalized spacial score (nSPS) is 18.6. The number of aromatic nitrogens is 1.